The van der Waals surface area contributed by atoms with Crippen molar-refractivity contribution in [1.29, 1.82) is 0 Å². The van der Waals surface area contributed by atoms with Gasteiger partial charge in [-0.25, -0.2) is 18.1 Å². The highest BCUT2D eigenvalue weighted by Crippen LogP contribution is 2.06. The van der Waals surface area contributed by atoms with Crippen LogP contribution in [-0.4, -0.2) is 44.0 Å². The van der Waals surface area contributed by atoms with Crippen molar-refractivity contribution in [2.45, 2.75) is 18.0 Å². The Hall–Kier alpha value is -0.630. The second kappa shape index (κ2) is 5.62. The third kappa shape index (κ3) is 3.44. The maximum absolute atomic E-state index is 11.8. The van der Waals surface area contributed by atoms with E-state index in [1.165, 1.54) is 13.3 Å². The van der Waals surface area contributed by atoms with Gasteiger partial charge < -0.3 is 9.72 Å². The van der Waals surface area contributed by atoms with Gasteiger partial charge in [0.1, 0.15) is 5.82 Å². The van der Waals surface area contributed by atoms with Gasteiger partial charge in [-0.2, -0.15) is 0 Å². The molecule has 0 saturated carbocycles. The number of alkyl halides is 1. The Morgan fingerprint density at radius 1 is 1.69 bits per heavy atom. The maximum Gasteiger partial charge on any atom is 0.257 e. The first-order chi connectivity index (χ1) is 7.49. The summed E-state index contributed by atoms with van der Waals surface area (Å²) in [5.41, 5.74) is 0. The Morgan fingerprint density at radius 3 is 2.81 bits per heavy atom. The number of nitrogens with zero attached hydrogens (tertiary/aromatic N) is 1. The number of rotatable bonds is 6. The highest BCUT2D eigenvalue weighted by Gasteiger charge is 2.21. The summed E-state index contributed by atoms with van der Waals surface area (Å²) in [5, 5.41) is 0.0243. The lowest BCUT2D eigenvalue weighted by molar-refractivity contribution is 0.181. The molecule has 1 aromatic rings. The number of aromatic nitrogens is 2. The fourth-order valence-electron chi connectivity index (χ4n) is 1.13. The molecule has 92 valence electrons. The zero-order valence-electron chi connectivity index (χ0n) is 9.03. The number of H-pyrrole nitrogens is 1. The molecule has 0 aliphatic rings. The zero-order valence-corrected chi connectivity index (χ0v) is 10.6. The summed E-state index contributed by atoms with van der Waals surface area (Å²) in [6, 6.07) is -0.458. The molecule has 0 aliphatic carbocycles. The predicted molar refractivity (Wildman–Crippen MR) is 60.0 cm³/mol. The lowest BCUT2D eigenvalue weighted by atomic mass is 10.4. The summed E-state index contributed by atoms with van der Waals surface area (Å²) in [5.74, 6) is 0.676. The summed E-state index contributed by atoms with van der Waals surface area (Å²) in [7, 11) is -2.13. The molecule has 16 heavy (non-hydrogen) atoms. The molecule has 1 heterocycles. The molecule has 1 atom stereocenters. The molecule has 2 N–H and O–H groups in total. The molecule has 0 aliphatic heterocycles. The number of hydrogen-bond acceptors (Lipinski definition) is 4. The highest BCUT2D eigenvalue weighted by molar-refractivity contribution is 7.89. The molecule has 1 aromatic heterocycles. The number of nitrogens with one attached hydrogen (secondary N) is 2. The van der Waals surface area contributed by atoms with Gasteiger partial charge in [0.2, 0.25) is 0 Å². The first kappa shape index (κ1) is 13.4. The van der Waals surface area contributed by atoms with E-state index in [-0.39, 0.29) is 17.5 Å². The van der Waals surface area contributed by atoms with Crippen LogP contribution >= 0.6 is 11.6 Å². The normalized spacial score (nSPS) is 13.9. The summed E-state index contributed by atoms with van der Waals surface area (Å²) in [6.07, 6.45) is 1.26. The molecule has 0 fully saturated rings. The number of sulfonamides is 1. The number of aromatic amines is 1. The van der Waals surface area contributed by atoms with Crippen molar-refractivity contribution in [2.75, 3.05) is 19.6 Å². The van der Waals surface area contributed by atoms with Gasteiger partial charge in [0.25, 0.3) is 10.0 Å². The van der Waals surface area contributed by atoms with E-state index in [0.29, 0.717) is 5.82 Å². The lowest BCUT2D eigenvalue weighted by Crippen LogP contribution is -2.39. The average molecular weight is 268 g/mol. The van der Waals surface area contributed by atoms with Gasteiger partial charge in [-0.3, -0.25) is 0 Å². The number of imidazole rings is 1. The van der Waals surface area contributed by atoms with E-state index in [9.17, 15) is 8.42 Å². The zero-order chi connectivity index (χ0) is 12.2. The minimum atomic E-state index is -3.61. The average Bonchev–Trinajstić information content (AvgIpc) is 2.64. The van der Waals surface area contributed by atoms with E-state index in [0.717, 1.165) is 0 Å². The third-order valence-electron chi connectivity index (χ3n) is 1.84. The van der Waals surface area contributed by atoms with E-state index in [4.69, 9.17) is 16.3 Å². The van der Waals surface area contributed by atoms with E-state index >= 15 is 0 Å². The Balaban J connectivity index is 2.78. The molecule has 8 heteroatoms. The van der Waals surface area contributed by atoms with Crippen molar-refractivity contribution in [3.63, 3.8) is 0 Å². The molecular weight excluding hydrogens is 254 g/mol. The van der Waals surface area contributed by atoms with Gasteiger partial charge in [-0.15, -0.1) is 11.6 Å². The van der Waals surface area contributed by atoms with Crippen molar-refractivity contribution in [3.8, 4) is 0 Å². The summed E-state index contributed by atoms with van der Waals surface area (Å²) >= 11 is 5.61. The van der Waals surface area contributed by atoms with Crippen LogP contribution in [0.2, 0.25) is 0 Å². The van der Waals surface area contributed by atoms with E-state index in [1.807, 2.05) is 0 Å². The van der Waals surface area contributed by atoms with Crippen LogP contribution in [0.3, 0.4) is 0 Å². The van der Waals surface area contributed by atoms with Crippen LogP contribution in [0.1, 0.15) is 5.82 Å². The minimum Gasteiger partial charge on any atom is -0.383 e. The molecule has 0 saturated heterocycles. The minimum absolute atomic E-state index is 0.0243. The van der Waals surface area contributed by atoms with Gasteiger partial charge in [0.05, 0.1) is 18.8 Å². The summed E-state index contributed by atoms with van der Waals surface area (Å²) in [6.45, 7) is 1.89. The van der Waals surface area contributed by atoms with Crippen LogP contribution in [0.5, 0.6) is 0 Å². The van der Waals surface area contributed by atoms with Gasteiger partial charge in [0, 0.05) is 13.0 Å². The fraction of sp³-hybridized carbons (Fsp3) is 0.625. The molecule has 6 nitrogen and oxygen atoms in total. The molecule has 0 radical (unpaired) electrons. The van der Waals surface area contributed by atoms with Gasteiger partial charge in [-0.05, 0) is 6.92 Å². The van der Waals surface area contributed by atoms with Crippen LogP contribution in [0.4, 0.5) is 0 Å². The SMILES string of the molecule is COCC(CCl)NS(=O)(=O)c1cnc(C)[nH]1. The predicted octanol–water partition coefficient (Wildman–Crippen LogP) is 0.250. The Bertz CT molecular complexity index is 431. The van der Waals surface area contributed by atoms with Crippen LogP contribution in [0.25, 0.3) is 0 Å². The topological polar surface area (TPSA) is 84.1 Å². The Morgan fingerprint density at radius 2 is 2.38 bits per heavy atom. The molecule has 0 aromatic carbocycles. The number of methoxy groups -OCH3 is 1. The van der Waals surface area contributed by atoms with Crippen LogP contribution < -0.4 is 4.72 Å². The second-order valence-electron chi connectivity index (χ2n) is 3.26. The van der Waals surface area contributed by atoms with Crippen LogP contribution in [0.15, 0.2) is 11.2 Å². The van der Waals surface area contributed by atoms with Gasteiger partial charge >= 0.3 is 0 Å². The van der Waals surface area contributed by atoms with Gasteiger partial charge in [-0.1, -0.05) is 0 Å². The van der Waals surface area contributed by atoms with Crippen molar-refractivity contribution >= 4 is 21.6 Å². The number of aryl methyl sites for hydroxylation is 1. The lowest BCUT2D eigenvalue weighted by Gasteiger charge is -2.13. The molecular formula is C8H14ClN3O3S. The van der Waals surface area contributed by atoms with Crippen LogP contribution in [-0.2, 0) is 14.8 Å². The van der Waals surface area contributed by atoms with E-state index in [1.54, 1.807) is 6.92 Å². The van der Waals surface area contributed by atoms with Crippen molar-refractivity contribution in [2.24, 2.45) is 0 Å². The third-order valence-corrected chi connectivity index (χ3v) is 3.65. The van der Waals surface area contributed by atoms with Crippen molar-refractivity contribution in [1.82, 2.24) is 14.7 Å². The van der Waals surface area contributed by atoms with Crippen molar-refractivity contribution in [3.05, 3.63) is 12.0 Å². The Labute approximate surface area is 99.4 Å². The first-order valence-electron chi connectivity index (χ1n) is 4.58. The van der Waals surface area contributed by atoms with Gasteiger partial charge in [0.15, 0.2) is 5.03 Å². The maximum atomic E-state index is 11.8. The molecule has 1 unspecified atom stereocenters. The largest absolute Gasteiger partial charge is 0.383 e. The number of halogens is 1. The van der Waals surface area contributed by atoms with E-state index < -0.39 is 16.1 Å². The molecule has 0 bridgehead atoms. The monoisotopic (exact) mass is 267 g/mol. The van der Waals surface area contributed by atoms with Crippen molar-refractivity contribution < 1.29 is 13.2 Å². The highest BCUT2D eigenvalue weighted by atomic mass is 35.5. The second-order valence-corrected chi connectivity index (χ2v) is 5.25. The number of ether oxygens (including phenoxy) is 1. The summed E-state index contributed by atoms with van der Waals surface area (Å²) in [4.78, 5) is 6.47. The Kier molecular flexibility index (Phi) is 4.72. The standard InChI is InChI=1S/C8H14ClN3O3S/c1-6-10-4-8(11-6)16(13,14)12-7(3-9)5-15-2/h4,7,12H,3,5H2,1-2H3,(H,10,11). The smallest absolute Gasteiger partial charge is 0.257 e. The molecule has 0 spiro atoms. The van der Waals surface area contributed by atoms with E-state index in [2.05, 4.69) is 14.7 Å². The quantitative estimate of drug-likeness (QED) is 0.724. The molecule has 0 amide bonds. The summed E-state index contributed by atoms with van der Waals surface area (Å²) < 4.78 is 30.8. The first-order valence-corrected chi connectivity index (χ1v) is 6.60. The van der Waals surface area contributed by atoms with Crippen LogP contribution in [0, 0.1) is 6.92 Å². The molecule has 1 rings (SSSR count). The number of hydrogen-bond donors (Lipinski definition) is 2. The fourth-order valence-corrected chi connectivity index (χ4v) is 2.58.